The Kier molecular flexibility index (Phi) is 6.78. The van der Waals surface area contributed by atoms with Gasteiger partial charge in [0.05, 0.1) is 12.8 Å². The van der Waals surface area contributed by atoms with Gasteiger partial charge in [0.25, 0.3) is 5.91 Å². The van der Waals surface area contributed by atoms with Crippen molar-refractivity contribution in [1.29, 1.82) is 0 Å². The summed E-state index contributed by atoms with van der Waals surface area (Å²) in [6.45, 7) is 6.47. The molecule has 8 nitrogen and oxygen atoms in total. The second kappa shape index (κ2) is 9.51. The Bertz CT molecular complexity index is 1040. The maximum absolute atomic E-state index is 12.6. The van der Waals surface area contributed by atoms with E-state index in [0.29, 0.717) is 37.1 Å². The molecule has 0 unspecified atom stereocenters. The lowest BCUT2D eigenvalue weighted by molar-refractivity contribution is -0.159. The first-order valence-corrected chi connectivity index (χ1v) is 14.1. The van der Waals surface area contributed by atoms with Crippen molar-refractivity contribution in [3.63, 3.8) is 0 Å². The van der Waals surface area contributed by atoms with Crippen LogP contribution in [0.1, 0.15) is 85.0 Å². The molecule has 0 aromatic rings. The Hall–Kier alpha value is -2.22. The number of aliphatic hydroxyl groups is 1. The summed E-state index contributed by atoms with van der Waals surface area (Å²) in [6, 6.07) is -0.523. The van der Waals surface area contributed by atoms with Crippen molar-refractivity contribution < 1.29 is 29.1 Å². The summed E-state index contributed by atoms with van der Waals surface area (Å²) in [5, 5.41) is 15.7. The van der Waals surface area contributed by atoms with E-state index >= 15 is 0 Å². The molecule has 1 heterocycles. The molecule has 0 aromatic carbocycles. The fraction of sp³-hybridized carbons (Fsp3) is 0.793. The van der Waals surface area contributed by atoms with E-state index in [1.54, 1.807) is 6.92 Å². The van der Waals surface area contributed by atoms with Gasteiger partial charge in [-0.2, -0.15) is 0 Å². The van der Waals surface area contributed by atoms with E-state index < -0.39 is 11.6 Å². The Labute approximate surface area is 219 Å². The van der Waals surface area contributed by atoms with E-state index in [1.807, 2.05) is 0 Å². The molecular formula is C29H42N2O6. The summed E-state index contributed by atoms with van der Waals surface area (Å²) >= 11 is 0. The number of oxime groups is 1. The average Bonchev–Trinajstić information content (AvgIpc) is 3.47. The van der Waals surface area contributed by atoms with Crippen LogP contribution in [0, 0.1) is 28.6 Å². The number of hydrogen-bond acceptors (Lipinski definition) is 7. The van der Waals surface area contributed by atoms with E-state index in [0.717, 1.165) is 57.1 Å². The number of allylic oxidation sites excluding steroid dienone is 2. The Morgan fingerprint density at radius 2 is 1.84 bits per heavy atom. The van der Waals surface area contributed by atoms with Gasteiger partial charge in [0.2, 0.25) is 0 Å². The molecule has 4 aliphatic carbocycles. The summed E-state index contributed by atoms with van der Waals surface area (Å²) in [6.07, 6.45) is 10.9. The van der Waals surface area contributed by atoms with Crippen molar-refractivity contribution in [3.8, 4) is 0 Å². The SMILES string of the molecule is COC(=O)[C@H]1CCCN1C(=O)CO/N=C1/C=C2CC[C@H]3[C@@H](CC[C@@]4(C)[C@@H]3CC[C@]4(O)C(C)=O)[C@@]2(C)CC1. The number of fused-ring (bicyclic) bond motifs is 5. The first-order valence-electron chi connectivity index (χ1n) is 14.1. The third-order valence-electron chi connectivity index (χ3n) is 11.1. The van der Waals surface area contributed by atoms with Crippen molar-refractivity contribution in [2.75, 3.05) is 20.3 Å². The quantitative estimate of drug-likeness (QED) is 0.442. The van der Waals surface area contributed by atoms with E-state index in [4.69, 9.17) is 9.57 Å². The zero-order valence-electron chi connectivity index (χ0n) is 22.8. The Balaban J connectivity index is 1.25. The molecule has 5 rings (SSSR count). The van der Waals surface area contributed by atoms with Crippen LogP contribution in [0.5, 0.6) is 0 Å². The minimum atomic E-state index is -1.17. The number of ether oxygens (including phenoxy) is 1. The van der Waals surface area contributed by atoms with Crippen molar-refractivity contribution in [3.05, 3.63) is 11.6 Å². The lowest BCUT2D eigenvalue weighted by Crippen LogP contribution is -2.57. The highest BCUT2D eigenvalue weighted by Gasteiger charge is 2.65. The fourth-order valence-corrected chi connectivity index (χ4v) is 8.94. The van der Waals surface area contributed by atoms with Crippen LogP contribution in [0.2, 0.25) is 0 Å². The molecule has 0 aromatic heterocycles. The fourth-order valence-electron chi connectivity index (χ4n) is 8.94. The molecule has 7 atom stereocenters. The maximum atomic E-state index is 12.6. The third kappa shape index (κ3) is 4.05. The summed E-state index contributed by atoms with van der Waals surface area (Å²) < 4.78 is 4.82. The molecule has 1 saturated heterocycles. The first kappa shape index (κ1) is 26.4. The molecule has 1 N–H and O–H groups in total. The second-order valence-electron chi connectivity index (χ2n) is 12.5. The van der Waals surface area contributed by atoms with Gasteiger partial charge < -0.3 is 19.6 Å². The molecular weight excluding hydrogens is 472 g/mol. The topological polar surface area (TPSA) is 106 Å². The number of amides is 1. The number of rotatable bonds is 5. The van der Waals surface area contributed by atoms with Gasteiger partial charge in [-0.25, -0.2) is 4.79 Å². The average molecular weight is 515 g/mol. The highest BCUT2D eigenvalue weighted by molar-refractivity contribution is 5.96. The zero-order chi connectivity index (χ0) is 26.6. The predicted octanol–water partition coefficient (Wildman–Crippen LogP) is 3.81. The molecule has 1 aliphatic heterocycles. The van der Waals surface area contributed by atoms with Crippen LogP contribution in [0.4, 0.5) is 0 Å². The molecule has 8 heteroatoms. The molecule has 5 aliphatic rings. The van der Waals surface area contributed by atoms with Gasteiger partial charge in [0, 0.05) is 12.0 Å². The summed E-state index contributed by atoms with van der Waals surface area (Å²) in [5.41, 5.74) is 0.896. The van der Waals surface area contributed by atoms with Crippen LogP contribution in [0.15, 0.2) is 16.8 Å². The molecule has 1 amide bonds. The molecule has 0 spiro atoms. The van der Waals surface area contributed by atoms with Gasteiger partial charge in [-0.05, 0) is 100 Å². The number of methoxy groups -OCH3 is 1. The van der Waals surface area contributed by atoms with Crippen molar-refractivity contribution in [1.82, 2.24) is 4.90 Å². The van der Waals surface area contributed by atoms with Crippen LogP contribution in [0.3, 0.4) is 0 Å². The molecule has 4 fully saturated rings. The van der Waals surface area contributed by atoms with Crippen LogP contribution in [0.25, 0.3) is 0 Å². The Morgan fingerprint density at radius 1 is 1.08 bits per heavy atom. The number of nitrogens with zero attached hydrogens (tertiary/aromatic N) is 2. The summed E-state index contributed by atoms with van der Waals surface area (Å²) in [4.78, 5) is 44.0. The van der Waals surface area contributed by atoms with E-state index in [2.05, 4.69) is 25.1 Å². The van der Waals surface area contributed by atoms with Crippen molar-refractivity contribution >= 4 is 23.4 Å². The summed E-state index contributed by atoms with van der Waals surface area (Å²) in [5.74, 6) is 0.789. The first-order chi connectivity index (χ1) is 17.5. The number of Topliss-reactive ketones (excluding diaryl/α,β-unsaturated/α-hetero) is 1. The van der Waals surface area contributed by atoms with Gasteiger partial charge >= 0.3 is 5.97 Å². The Morgan fingerprint density at radius 3 is 2.57 bits per heavy atom. The molecule has 3 saturated carbocycles. The number of ketones is 1. The third-order valence-corrected chi connectivity index (χ3v) is 11.1. The van der Waals surface area contributed by atoms with E-state index in [9.17, 15) is 19.5 Å². The number of esters is 1. The van der Waals surface area contributed by atoms with Gasteiger partial charge in [-0.3, -0.25) is 9.59 Å². The highest BCUT2D eigenvalue weighted by atomic mass is 16.6. The summed E-state index contributed by atoms with van der Waals surface area (Å²) in [7, 11) is 1.34. The lowest BCUT2D eigenvalue weighted by Gasteiger charge is -2.59. The standard InChI is InChI=1S/C29H42N2O6/c1-18(32)29(35)14-11-23-21-8-7-19-16-20(9-12-27(19,2)22(21)10-13-28(23,29)3)30-37-17-25(33)31-15-5-6-24(31)26(34)36-4/h16,21-24,35H,5-15,17H2,1-4H3/b30-20+/t21-,22+,23+,24+,27-,28-,29-/m0/s1. The highest BCUT2D eigenvalue weighted by Crippen LogP contribution is 2.67. The largest absolute Gasteiger partial charge is 0.467 e. The van der Waals surface area contributed by atoms with Crippen molar-refractivity contribution in [2.45, 2.75) is 96.6 Å². The minimum absolute atomic E-state index is 0.0684. The van der Waals surface area contributed by atoms with E-state index in [1.165, 1.54) is 17.6 Å². The van der Waals surface area contributed by atoms with Crippen LogP contribution < -0.4 is 0 Å². The molecule has 204 valence electrons. The maximum Gasteiger partial charge on any atom is 0.328 e. The molecule has 37 heavy (non-hydrogen) atoms. The number of carbonyl (C=O) groups excluding carboxylic acids is 3. The number of likely N-dealkylation sites (tertiary alicyclic amines) is 1. The second-order valence-corrected chi connectivity index (χ2v) is 12.5. The normalized spacial score (nSPS) is 41.9. The molecule has 0 bridgehead atoms. The van der Waals surface area contributed by atoms with Crippen LogP contribution in [-0.4, -0.2) is 65.3 Å². The van der Waals surface area contributed by atoms with Gasteiger partial charge in [0.15, 0.2) is 12.4 Å². The van der Waals surface area contributed by atoms with Gasteiger partial charge in [-0.1, -0.05) is 24.6 Å². The van der Waals surface area contributed by atoms with Crippen LogP contribution in [-0.2, 0) is 24.0 Å². The van der Waals surface area contributed by atoms with Crippen LogP contribution >= 0.6 is 0 Å². The minimum Gasteiger partial charge on any atom is -0.467 e. The van der Waals surface area contributed by atoms with Gasteiger partial charge in [-0.15, -0.1) is 0 Å². The predicted molar refractivity (Wildman–Crippen MR) is 137 cm³/mol. The molecule has 0 radical (unpaired) electrons. The monoisotopic (exact) mass is 514 g/mol. The lowest BCUT2D eigenvalue weighted by atomic mass is 9.46. The van der Waals surface area contributed by atoms with E-state index in [-0.39, 0.29) is 35.1 Å². The smallest absolute Gasteiger partial charge is 0.328 e. The zero-order valence-corrected chi connectivity index (χ0v) is 22.8. The number of carbonyl (C=O) groups is 3. The number of hydrogen-bond donors (Lipinski definition) is 1. The van der Waals surface area contributed by atoms with Gasteiger partial charge in [0.1, 0.15) is 11.6 Å². The van der Waals surface area contributed by atoms with Crippen molar-refractivity contribution in [2.24, 2.45) is 33.7 Å².